The molecule has 4 N–H and O–H groups in total. The number of hydrogen-bond acceptors (Lipinski definition) is 4. The molecule has 0 unspecified atom stereocenters. The van der Waals surface area contributed by atoms with Crippen molar-refractivity contribution in [2.45, 2.75) is 32.2 Å². The molecule has 1 aliphatic rings. The number of aromatic nitrogens is 1. The number of carbonyl (C=O) groups excluding carboxylic acids is 1. The summed E-state index contributed by atoms with van der Waals surface area (Å²) in [6, 6.07) is 3.76. The van der Waals surface area contributed by atoms with Crippen LogP contribution in [-0.4, -0.2) is 16.9 Å². The molecule has 0 aromatic carbocycles. The van der Waals surface area contributed by atoms with Crippen molar-refractivity contribution in [1.82, 2.24) is 10.3 Å². The Balaban J connectivity index is 2.11. The van der Waals surface area contributed by atoms with E-state index in [2.05, 4.69) is 15.7 Å². The van der Waals surface area contributed by atoms with Crippen LogP contribution in [0.1, 0.15) is 35.3 Å². The highest BCUT2D eigenvalue weighted by Gasteiger charge is 2.20. The number of pyridine rings is 1. The van der Waals surface area contributed by atoms with E-state index in [1.165, 1.54) is 6.42 Å². The zero-order valence-corrected chi connectivity index (χ0v) is 9.29. The summed E-state index contributed by atoms with van der Waals surface area (Å²) in [4.78, 5) is 16.0. The van der Waals surface area contributed by atoms with E-state index in [0.717, 1.165) is 18.5 Å². The van der Waals surface area contributed by atoms with Gasteiger partial charge in [-0.15, -0.1) is 0 Å². The Hall–Kier alpha value is -1.62. The summed E-state index contributed by atoms with van der Waals surface area (Å²) in [5, 5.41) is 2.98. The highest BCUT2D eigenvalue weighted by molar-refractivity contribution is 5.95. The van der Waals surface area contributed by atoms with E-state index >= 15 is 0 Å². The van der Waals surface area contributed by atoms with Crippen LogP contribution in [0.3, 0.4) is 0 Å². The standard InChI is InChI=1S/C11H16N4O/c1-7-5-8(6-10(13-7)15-12)11(16)14-9-3-2-4-9/h5-6,9H,2-4,12H2,1H3,(H,13,15)(H,14,16). The molecular weight excluding hydrogens is 204 g/mol. The molecule has 0 radical (unpaired) electrons. The minimum absolute atomic E-state index is 0.0494. The fraction of sp³-hybridized carbons (Fsp3) is 0.455. The molecule has 1 aromatic heterocycles. The van der Waals surface area contributed by atoms with Gasteiger partial charge in [-0.25, -0.2) is 10.8 Å². The maximum Gasteiger partial charge on any atom is 0.251 e. The van der Waals surface area contributed by atoms with Gasteiger partial charge in [0.2, 0.25) is 0 Å². The normalized spacial score (nSPS) is 15.4. The van der Waals surface area contributed by atoms with Crippen molar-refractivity contribution in [2.75, 3.05) is 5.43 Å². The average molecular weight is 220 g/mol. The van der Waals surface area contributed by atoms with E-state index in [1.807, 2.05) is 6.92 Å². The summed E-state index contributed by atoms with van der Waals surface area (Å²) >= 11 is 0. The second kappa shape index (κ2) is 4.49. The van der Waals surface area contributed by atoms with Gasteiger partial charge < -0.3 is 10.7 Å². The van der Waals surface area contributed by atoms with Crippen molar-refractivity contribution in [3.05, 3.63) is 23.4 Å². The number of rotatable bonds is 3. The minimum Gasteiger partial charge on any atom is -0.349 e. The molecule has 5 heteroatoms. The number of hydrogen-bond donors (Lipinski definition) is 3. The van der Waals surface area contributed by atoms with E-state index in [0.29, 0.717) is 17.4 Å². The lowest BCUT2D eigenvalue weighted by atomic mass is 9.93. The van der Waals surface area contributed by atoms with E-state index in [4.69, 9.17) is 5.84 Å². The van der Waals surface area contributed by atoms with E-state index in [9.17, 15) is 4.79 Å². The molecule has 0 bridgehead atoms. The highest BCUT2D eigenvalue weighted by atomic mass is 16.1. The number of aryl methyl sites for hydroxylation is 1. The van der Waals surface area contributed by atoms with Gasteiger partial charge in [-0.2, -0.15) is 0 Å². The van der Waals surface area contributed by atoms with Crippen LogP contribution in [0.2, 0.25) is 0 Å². The van der Waals surface area contributed by atoms with Gasteiger partial charge in [-0.05, 0) is 38.3 Å². The maximum absolute atomic E-state index is 11.9. The Labute approximate surface area is 94.4 Å². The van der Waals surface area contributed by atoms with Gasteiger partial charge in [0.25, 0.3) is 5.91 Å². The van der Waals surface area contributed by atoms with E-state index < -0.39 is 0 Å². The maximum atomic E-state index is 11.9. The summed E-state index contributed by atoms with van der Waals surface area (Å²) in [6.45, 7) is 1.83. The highest BCUT2D eigenvalue weighted by Crippen LogP contribution is 2.19. The van der Waals surface area contributed by atoms with Crippen molar-refractivity contribution in [3.63, 3.8) is 0 Å². The third-order valence-electron chi connectivity index (χ3n) is 2.80. The minimum atomic E-state index is -0.0494. The molecule has 5 nitrogen and oxygen atoms in total. The number of nitrogen functional groups attached to an aromatic ring is 1. The lowest BCUT2D eigenvalue weighted by molar-refractivity contribution is 0.0917. The second-order valence-corrected chi connectivity index (χ2v) is 4.13. The molecule has 0 spiro atoms. The van der Waals surface area contributed by atoms with Crippen molar-refractivity contribution in [3.8, 4) is 0 Å². The first-order valence-corrected chi connectivity index (χ1v) is 5.45. The SMILES string of the molecule is Cc1cc(C(=O)NC2CCC2)cc(NN)n1. The summed E-state index contributed by atoms with van der Waals surface area (Å²) in [5.74, 6) is 5.75. The summed E-state index contributed by atoms with van der Waals surface area (Å²) < 4.78 is 0. The van der Waals surface area contributed by atoms with Crippen LogP contribution in [0.4, 0.5) is 5.82 Å². The Morgan fingerprint density at radius 1 is 1.50 bits per heavy atom. The van der Waals surface area contributed by atoms with Crippen molar-refractivity contribution >= 4 is 11.7 Å². The van der Waals surface area contributed by atoms with E-state index in [-0.39, 0.29) is 5.91 Å². The Bertz CT molecular complexity index is 401. The lowest BCUT2D eigenvalue weighted by Gasteiger charge is -2.26. The number of carbonyl (C=O) groups is 1. The van der Waals surface area contributed by atoms with Crippen LogP contribution >= 0.6 is 0 Å². The number of anilines is 1. The summed E-state index contributed by atoms with van der Waals surface area (Å²) in [6.07, 6.45) is 3.37. The second-order valence-electron chi connectivity index (χ2n) is 4.13. The predicted molar refractivity (Wildman–Crippen MR) is 61.9 cm³/mol. The fourth-order valence-corrected chi connectivity index (χ4v) is 1.69. The summed E-state index contributed by atoms with van der Waals surface area (Å²) in [5.41, 5.74) is 3.83. The molecule has 1 saturated carbocycles. The monoisotopic (exact) mass is 220 g/mol. The molecule has 1 heterocycles. The fourth-order valence-electron chi connectivity index (χ4n) is 1.69. The van der Waals surface area contributed by atoms with Crippen LogP contribution in [0.5, 0.6) is 0 Å². The number of nitrogens with two attached hydrogens (primary N) is 1. The van der Waals surface area contributed by atoms with Crippen LogP contribution in [0.15, 0.2) is 12.1 Å². The topological polar surface area (TPSA) is 80.0 Å². The quantitative estimate of drug-likeness (QED) is 0.523. The van der Waals surface area contributed by atoms with Gasteiger partial charge >= 0.3 is 0 Å². The van der Waals surface area contributed by atoms with Crippen molar-refractivity contribution in [2.24, 2.45) is 5.84 Å². The third-order valence-corrected chi connectivity index (χ3v) is 2.80. The Morgan fingerprint density at radius 3 is 2.81 bits per heavy atom. The van der Waals surface area contributed by atoms with Gasteiger partial charge in [0.1, 0.15) is 5.82 Å². The van der Waals surface area contributed by atoms with Crippen molar-refractivity contribution in [1.29, 1.82) is 0 Å². The predicted octanol–water partition coefficient (Wildman–Crippen LogP) is 0.958. The number of nitrogens with zero attached hydrogens (tertiary/aromatic N) is 1. The van der Waals surface area contributed by atoms with Gasteiger partial charge in [-0.1, -0.05) is 0 Å². The first kappa shape index (κ1) is 10.9. The smallest absolute Gasteiger partial charge is 0.251 e. The summed E-state index contributed by atoms with van der Waals surface area (Å²) in [7, 11) is 0. The molecule has 1 aromatic rings. The average Bonchev–Trinajstić information content (AvgIpc) is 2.22. The zero-order chi connectivity index (χ0) is 11.5. The molecule has 86 valence electrons. The number of amides is 1. The van der Waals surface area contributed by atoms with Crippen LogP contribution in [-0.2, 0) is 0 Å². The first-order valence-electron chi connectivity index (χ1n) is 5.45. The van der Waals surface area contributed by atoms with Gasteiger partial charge in [0.15, 0.2) is 0 Å². The van der Waals surface area contributed by atoms with E-state index in [1.54, 1.807) is 12.1 Å². The Morgan fingerprint density at radius 2 is 2.25 bits per heavy atom. The van der Waals surface area contributed by atoms with Gasteiger partial charge in [-0.3, -0.25) is 4.79 Å². The molecule has 2 rings (SSSR count). The van der Waals surface area contributed by atoms with Gasteiger partial charge in [0, 0.05) is 17.3 Å². The van der Waals surface area contributed by atoms with Crippen LogP contribution in [0, 0.1) is 6.92 Å². The zero-order valence-electron chi connectivity index (χ0n) is 9.29. The largest absolute Gasteiger partial charge is 0.349 e. The van der Waals surface area contributed by atoms with Crippen LogP contribution < -0.4 is 16.6 Å². The number of nitrogens with one attached hydrogen (secondary N) is 2. The lowest BCUT2D eigenvalue weighted by Crippen LogP contribution is -2.39. The van der Waals surface area contributed by atoms with Crippen molar-refractivity contribution < 1.29 is 4.79 Å². The van der Waals surface area contributed by atoms with Crippen LogP contribution in [0.25, 0.3) is 0 Å². The molecule has 1 amide bonds. The molecule has 16 heavy (non-hydrogen) atoms. The first-order chi connectivity index (χ1) is 7.69. The molecular formula is C11H16N4O. The molecule has 1 aliphatic carbocycles. The molecule has 0 aliphatic heterocycles. The Kier molecular flexibility index (Phi) is 3.05. The number of hydrazine groups is 1. The third kappa shape index (κ3) is 2.30. The molecule has 0 saturated heterocycles. The molecule has 1 fully saturated rings. The molecule has 0 atom stereocenters. The van der Waals surface area contributed by atoms with Gasteiger partial charge in [0.05, 0.1) is 0 Å².